The third kappa shape index (κ3) is 4.55. The van der Waals surface area contributed by atoms with Crippen LogP contribution in [-0.2, 0) is 11.3 Å². The fraction of sp³-hybridized carbons (Fsp3) is 0.150. The normalized spacial score (nSPS) is 11.0. The predicted molar refractivity (Wildman–Crippen MR) is 111 cm³/mol. The van der Waals surface area contributed by atoms with Crippen molar-refractivity contribution in [1.29, 1.82) is 0 Å². The minimum atomic E-state index is -0.365. The monoisotopic (exact) mass is 430 g/mol. The van der Waals surface area contributed by atoms with E-state index < -0.39 is 0 Å². The minimum absolute atomic E-state index is 0.200. The number of nitrogens with zero attached hydrogens (tertiary/aromatic N) is 4. The lowest BCUT2D eigenvalue weighted by molar-refractivity contribution is -0.120. The van der Waals surface area contributed by atoms with E-state index in [9.17, 15) is 9.18 Å². The standard InChI is InChI=1S/C20H16ClFN4O2S/c21-16-3-1-4-17-19(16)24-20(29-17)26(12-11-25-10-2-9-23-25)18(27)13-28-15-7-5-14(22)6-8-15/h1-10H,11-13H2. The Balaban J connectivity index is 1.55. The van der Waals surface area contributed by atoms with Gasteiger partial charge in [-0.25, -0.2) is 9.37 Å². The Morgan fingerprint density at radius 1 is 1.21 bits per heavy atom. The molecular weight excluding hydrogens is 415 g/mol. The number of fused-ring (bicyclic) bond motifs is 1. The summed E-state index contributed by atoms with van der Waals surface area (Å²) in [5.74, 6) is -0.216. The molecule has 6 nitrogen and oxygen atoms in total. The van der Waals surface area contributed by atoms with Gasteiger partial charge in [-0.05, 0) is 42.5 Å². The summed E-state index contributed by atoms with van der Waals surface area (Å²) >= 11 is 7.62. The predicted octanol–water partition coefficient (Wildman–Crippen LogP) is 4.40. The van der Waals surface area contributed by atoms with E-state index in [2.05, 4.69) is 10.1 Å². The van der Waals surface area contributed by atoms with Crippen LogP contribution in [0.1, 0.15) is 0 Å². The van der Waals surface area contributed by atoms with Gasteiger partial charge in [-0.3, -0.25) is 14.4 Å². The fourth-order valence-electron chi connectivity index (χ4n) is 2.73. The number of para-hydroxylation sites is 1. The van der Waals surface area contributed by atoms with E-state index in [1.165, 1.54) is 35.6 Å². The lowest BCUT2D eigenvalue weighted by Gasteiger charge is -2.20. The zero-order chi connectivity index (χ0) is 20.2. The Labute approximate surface area is 175 Å². The second-order valence-electron chi connectivity index (χ2n) is 6.14. The van der Waals surface area contributed by atoms with Crippen LogP contribution in [0.3, 0.4) is 0 Å². The molecule has 4 rings (SSSR count). The van der Waals surface area contributed by atoms with Gasteiger partial charge >= 0.3 is 0 Å². The number of carbonyl (C=O) groups excluding carboxylic acids is 1. The molecule has 4 aromatic rings. The van der Waals surface area contributed by atoms with E-state index in [1.54, 1.807) is 21.8 Å². The third-order valence-corrected chi connectivity index (χ3v) is 5.53. The zero-order valence-corrected chi connectivity index (χ0v) is 16.7. The average molecular weight is 431 g/mol. The number of benzene rings is 2. The van der Waals surface area contributed by atoms with Gasteiger partial charge in [-0.1, -0.05) is 29.0 Å². The molecule has 148 valence electrons. The van der Waals surface area contributed by atoms with Crippen LogP contribution in [0.25, 0.3) is 10.2 Å². The first kappa shape index (κ1) is 19.4. The van der Waals surface area contributed by atoms with E-state index in [1.807, 2.05) is 24.4 Å². The summed E-state index contributed by atoms with van der Waals surface area (Å²) < 4.78 is 21.2. The summed E-state index contributed by atoms with van der Waals surface area (Å²) in [6.07, 6.45) is 3.51. The second kappa shape index (κ2) is 8.59. The Morgan fingerprint density at radius 2 is 2.03 bits per heavy atom. The lowest BCUT2D eigenvalue weighted by Crippen LogP contribution is -2.37. The summed E-state index contributed by atoms with van der Waals surface area (Å²) in [7, 11) is 0. The van der Waals surface area contributed by atoms with Crippen molar-refractivity contribution in [3.8, 4) is 5.75 Å². The van der Waals surface area contributed by atoms with Gasteiger partial charge in [0.15, 0.2) is 11.7 Å². The maximum absolute atomic E-state index is 13.0. The number of amides is 1. The van der Waals surface area contributed by atoms with Crippen LogP contribution in [0.2, 0.25) is 5.02 Å². The number of rotatable bonds is 7. The van der Waals surface area contributed by atoms with Gasteiger partial charge in [0.2, 0.25) is 0 Å². The Bertz CT molecular complexity index is 1120. The van der Waals surface area contributed by atoms with Crippen molar-refractivity contribution < 1.29 is 13.9 Å². The maximum atomic E-state index is 13.0. The second-order valence-corrected chi connectivity index (χ2v) is 7.56. The minimum Gasteiger partial charge on any atom is -0.484 e. The molecule has 0 unspecified atom stereocenters. The molecule has 0 aliphatic rings. The molecule has 0 saturated carbocycles. The molecule has 2 aromatic carbocycles. The van der Waals surface area contributed by atoms with E-state index in [-0.39, 0.29) is 18.3 Å². The van der Waals surface area contributed by atoms with Gasteiger partial charge in [0.25, 0.3) is 5.91 Å². The molecule has 9 heteroatoms. The number of hydrogen-bond donors (Lipinski definition) is 0. The van der Waals surface area contributed by atoms with Gasteiger partial charge in [0.1, 0.15) is 17.1 Å². The first-order valence-electron chi connectivity index (χ1n) is 8.81. The number of aromatic nitrogens is 3. The Hall–Kier alpha value is -2.97. The van der Waals surface area contributed by atoms with Gasteiger partial charge in [-0.15, -0.1) is 0 Å². The van der Waals surface area contributed by atoms with Crippen LogP contribution < -0.4 is 9.64 Å². The highest BCUT2D eigenvalue weighted by Crippen LogP contribution is 2.33. The van der Waals surface area contributed by atoms with Crippen LogP contribution in [0.15, 0.2) is 60.9 Å². The molecule has 0 saturated heterocycles. The van der Waals surface area contributed by atoms with E-state index in [4.69, 9.17) is 16.3 Å². The Kier molecular flexibility index (Phi) is 5.73. The molecule has 0 radical (unpaired) electrons. The molecule has 2 aromatic heterocycles. The van der Waals surface area contributed by atoms with Crippen molar-refractivity contribution in [1.82, 2.24) is 14.8 Å². The van der Waals surface area contributed by atoms with E-state index >= 15 is 0 Å². The summed E-state index contributed by atoms with van der Waals surface area (Å²) in [5.41, 5.74) is 0.658. The van der Waals surface area contributed by atoms with Crippen molar-refractivity contribution in [3.63, 3.8) is 0 Å². The van der Waals surface area contributed by atoms with E-state index in [0.29, 0.717) is 34.5 Å². The molecule has 0 aliphatic carbocycles. The molecule has 0 spiro atoms. The largest absolute Gasteiger partial charge is 0.484 e. The molecule has 0 aliphatic heterocycles. The van der Waals surface area contributed by atoms with Crippen LogP contribution in [0.4, 0.5) is 9.52 Å². The molecule has 2 heterocycles. The SMILES string of the molecule is O=C(COc1ccc(F)cc1)N(CCn1cccn1)c1nc2c(Cl)cccc2s1. The first-order valence-corrected chi connectivity index (χ1v) is 10.0. The quantitative estimate of drug-likeness (QED) is 0.436. The van der Waals surface area contributed by atoms with Crippen LogP contribution in [-0.4, -0.2) is 33.8 Å². The number of halogens is 2. The Morgan fingerprint density at radius 3 is 2.76 bits per heavy atom. The van der Waals surface area contributed by atoms with Crippen molar-refractivity contribution in [2.75, 3.05) is 18.1 Å². The summed E-state index contributed by atoms with van der Waals surface area (Å²) in [5, 5.41) is 5.24. The zero-order valence-electron chi connectivity index (χ0n) is 15.2. The van der Waals surface area contributed by atoms with Crippen molar-refractivity contribution in [2.24, 2.45) is 0 Å². The van der Waals surface area contributed by atoms with Crippen LogP contribution in [0.5, 0.6) is 5.75 Å². The van der Waals surface area contributed by atoms with Crippen LogP contribution in [0, 0.1) is 5.82 Å². The topological polar surface area (TPSA) is 60.2 Å². The number of hydrogen-bond acceptors (Lipinski definition) is 5. The van der Waals surface area contributed by atoms with E-state index in [0.717, 1.165) is 4.70 Å². The van der Waals surface area contributed by atoms with Gasteiger partial charge in [0, 0.05) is 18.9 Å². The molecule has 29 heavy (non-hydrogen) atoms. The molecule has 0 fully saturated rings. The van der Waals surface area contributed by atoms with Crippen molar-refractivity contribution in [3.05, 3.63) is 71.8 Å². The highest BCUT2D eigenvalue weighted by molar-refractivity contribution is 7.22. The van der Waals surface area contributed by atoms with Crippen LogP contribution >= 0.6 is 22.9 Å². The first-order chi connectivity index (χ1) is 14.1. The van der Waals surface area contributed by atoms with Gasteiger partial charge < -0.3 is 4.74 Å². The highest BCUT2D eigenvalue weighted by atomic mass is 35.5. The fourth-order valence-corrected chi connectivity index (χ4v) is 4.04. The maximum Gasteiger partial charge on any atom is 0.266 e. The molecular formula is C20H16ClFN4O2S. The smallest absolute Gasteiger partial charge is 0.266 e. The summed E-state index contributed by atoms with van der Waals surface area (Å²) in [6.45, 7) is 0.665. The number of thiazole rings is 1. The van der Waals surface area contributed by atoms with Gasteiger partial charge in [0.05, 0.1) is 16.3 Å². The number of anilines is 1. The molecule has 0 atom stereocenters. The number of ether oxygens (including phenoxy) is 1. The molecule has 0 N–H and O–H groups in total. The summed E-state index contributed by atoms with van der Waals surface area (Å²) in [6, 6.07) is 12.9. The third-order valence-electron chi connectivity index (χ3n) is 4.18. The average Bonchev–Trinajstić information content (AvgIpc) is 3.38. The highest BCUT2D eigenvalue weighted by Gasteiger charge is 2.21. The van der Waals surface area contributed by atoms with Crippen molar-refractivity contribution >= 4 is 44.2 Å². The van der Waals surface area contributed by atoms with Gasteiger partial charge in [-0.2, -0.15) is 5.10 Å². The van der Waals surface area contributed by atoms with Crippen molar-refractivity contribution in [2.45, 2.75) is 6.54 Å². The molecule has 0 bridgehead atoms. The molecule has 1 amide bonds. The number of carbonyl (C=O) groups is 1. The summed E-state index contributed by atoms with van der Waals surface area (Å²) in [4.78, 5) is 19.1. The lowest BCUT2D eigenvalue weighted by atomic mass is 10.3.